The molecule has 0 unspecified atom stereocenters. The monoisotopic (exact) mass is 356 g/mol. The molecule has 1 heterocycles. The van der Waals surface area contributed by atoms with Crippen LogP contribution in [-0.2, 0) is 11.4 Å². The minimum Gasteiger partial charge on any atom is -0.505 e. The molecular formula is C18H20N4O4. The van der Waals surface area contributed by atoms with Gasteiger partial charge in [0.15, 0.2) is 0 Å². The summed E-state index contributed by atoms with van der Waals surface area (Å²) < 4.78 is 0. The van der Waals surface area contributed by atoms with E-state index in [0.29, 0.717) is 28.9 Å². The summed E-state index contributed by atoms with van der Waals surface area (Å²) in [5.74, 6) is -0.746. The van der Waals surface area contributed by atoms with Gasteiger partial charge in [-0.1, -0.05) is 13.0 Å². The SMILES string of the molecule is CCC(=O)Nc1cccc(C(=O)N/N=C/c2c(CO)cnc(C)c2O)c1. The lowest BCUT2D eigenvalue weighted by atomic mass is 10.1. The first kappa shape index (κ1) is 19.1. The normalized spacial score (nSPS) is 10.7. The van der Waals surface area contributed by atoms with Crippen molar-refractivity contribution in [1.29, 1.82) is 0 Å². The van der Waals surface area contributed by atoms with Crippen molar-refractivity contribution >= 4 is 23.7 Å². The van der Waals surface area contributed by atoms with Crippen molar-refractivity contribution in [1.82, 2.24) is 10.4 Å². The van der Waals surface area contributed by atoms with Crippen LogP contribution in [0.4, 0.5) is 5.69 Å². The van der Waals surface area contributed by atoms with Gasteiger partial charge in [0.2, 0.25) is 5.91 Å². The molecule has 0 atom stereocenters. The van der Waals surface area contributed by atoms with Gasteiger partial charge in [0.05, 0.1) is 18.5 Å². The fraction of sp³-hybridized carbons (Fsp3) is 0.222. The van der Waals surface area contributed by atoms with Crippen molar-refractivity contribution in [3.05, 3.63) is 52.8 Å². The lowest BCUT2D eigenvalue weighted by Crippen LogP contribution is -2.18. The minimum absolute atomic E-state index is 0.112. The number of aromatic hydroxyl groups is 1. The molecule has 4 N–H and O–H groups in total. The molecule has 0 fully saturated rings. The van der Waals surface area contributed by atoms with Gasteiger partial charge >= 0.3 is 0 Å². The Hall–Kier alpha value is -3.26. The van der Waals surface area contributed by atoms with Gasteiger partial charge < -0.3 is 15.5 Å². The zero-order chi connectivity index (χ0) is 19.1. The summed E-state index contributed by atoms with van der Waals surface area (Å²) in [6.45, 7) is 3.02. The number of hydrogen-bond donors (Lipinski definition) is 4. The van der Waals surface area contributed by atoms with E-state index >= 15 is 0 Å². The van der Waals surface area contributed by atoms with Crippen LogP contribution in [-0.4, -0.2) is 33.2 Å². The van der Waals surface area contributed by atoms with Gasteiger partial charge in [-0.05, 0) is 25.1 Å². The summed E-state index contributed by atoms with van der Waals surface area (Å²) in [6.07, 6.45) is 3.01. The first-order chi connectivity index (χ1) is 12.5. The van der Waals surface area contributed by atoms with Gasteiger partial charge in [-0.25, -0.2) is 5.43 Å². The fourth-order valence-electron chi connectivity index (χ4n) is 2.13. The smallest absolute Gasteiger partial charge is 0.271 e. The van der Waals surface area contributed by atoms with E-state index in [0.717, 1.165) is 0 Å². The molecule has 2 amide bonds. The van der Waals surface area contributed by atoms with Crippen LogP contribution in [0.2, 0.25) is 0 Å². The van der Waals surface area contributed by atoms with Gasteiger partial charge in [-0.3, -0.25) is 14.6 Å². The number of pyridine rings is 1. The van der Waals surface area contributed by atoms with Crippen LogP contribution < -0.4 is 10.7 Å². The number of nitrogens with one attached hydrogen (secondary N) is 2. The summed E-state index contributed by atoms with van der Waals surface area (Å²) in [7, 11) is 0. The number of aliphatic hydroxyl groups is 1. The number of rotatable bonds is 6. The van der Waals surface area contributed by atoms with E-state index < -0.39 is 5.91 Å². The highest BCUT2D eigenvalue weighted by atomic mass is 16.3. The van der Waals surface area contributed by atoms with Crippen molar-refractivity contribution in [2.24, 2.45) is 5.10 Å². The average molecular weight is 356 g/mol. The van der Waals surface area contributed by atoms with E-state index in [1.54, 1.807) is 32.0 Å². The molecule has 26 heavy (non-hydrogen) atoms. The molecule has 136 valence electrons. The first-order valence-corrected chi connectivity index (χ1v) is 7.97. The molecule has 0 radical (unpaired) electrons. The second kappa shape index (κ2) is 8.72. The van der Waals surface area contributed by atoms with Gasteiger partial charge in [0, 0.05) is 35.0 Å². The van der Waals surface area contributed by atoms with Crippen molar-refractivity contribution < 1.29 is 19.8 Å². The third kappa shape index (κ3) is 4.64. The van der Waals surface area contributed by atoms with E-state index in [2.05, 4.69) is 20.8 Å². The summed E-state index contributed by atoms with van der Waals surface area (Å²) in [5.41, 5.74) is 4.22. The molecule has 0 bridgehead atoms. The van der Waals surface area contributed by atoms with Crippen LogP contribution in [0.25, 0.3) is 0 Å². The molecule has 0 saturated carbocycles. The zero-order valence-corrected chi connectivity index (χ0v) is 14.5. The number of anilines is 1. The lowest BCUT2D eigenvalue weighted by Gasteiger charge is -2.07. The lowest BCUT2D eigenvalue weighted by molar-refractivity contribution is -0.115. The van der Waals surface area contributed by atoms with Crippen LogP contribution in [0.5, 0.6) is 5.75 Å². The number of hydrazone groups is 1. The maximum Gasteiger partial charge on any atom is 0.271 e. The maximum absolute atomic E-state index is 12.2. The van der Waals surface area contributed by atoms with E-state index in [-0.39, 0.29) is 23.8 Å². The van der Waals surface area contributed by atoms with E-state index in [9.17, 15) is 19.8 Å². The van der Waals surface area contributed by atoms with Crippen LogP contribution in [0.3, 0.4) is 0 Å². The summed E-state index contributed by atoms with van der Waals surface area (Å²) >= 11 is 0. The molecular weight excluding hydrogens is 336 g/mol. The zero-order valence-electron chi connectivity index (χ0n) is 14.5. The third-order valence-corrected chi connectivity index (χ3v) is 3.62. The Bertz CT molecular complexity index is 849. The second-order valence-corrected chi connectivity index (χ2v) is 5.47. The van der Waals surface area contributed by atoms with E-state index in [1.807, 2.05) is 0 Å². The Balaban J connectivity index is 2.12. The number of carbonyl (C=O) groups excluding carboxylic acids is 2. The Morgan fingerprint density at radius 3 is 2.81 bits per heavy atom. The molecule has 0 aliphatic rings. The van der Waals surface area contributed by atoms with Gasteiger partial charge in [0.1, 0.15) is 5.75 Å². The summed E-state index contributed by atoms with van der Waals surface area (Å²) in [5, 5.41) is 25.8. The number of aliphatic hydroxyl groups excluding tert-OH is 1. The van der Waals surface area contributed by atoms with Crippen LogP contribution in [0.1, 0.15) is 40.5 Å². The molecule has 8 nitrogen and oxygen atoms in total. The number of amides is 2. The Morgan fingerprint density at radius 1 is 1.35 bits per heavy atom. The molecule has 2 aromatic rings. The number of nitrogens with zero attached hydrogens (tertiary/aromatic N) is 2. The van der Waals surface area contributed by atoms with Crippen LogP contribution >= 0.6 is 0 Å². The Morgan fingerprint density at radius 2 is 2.12 bits per heavy atom. The number of aromatic nitrogens is 1. The minimum atomic E-state index is -0.482. The average Bonchev–Trinajstić information content (AvgIpc) is 2.65. The van der Waals surface area contributed by atoms with Gasteiger partial charge in [0.25, 0.3) is 5.91 Å². The second-order valence-electron chi connectivity index (χ2n) is 5.47. The molecule has 1 aromatic heterocycles. The number of aryl methyl sites for hydroxylation is 1. The number of benzene rings is 1. The maximum atomic E-state index is 12.2. The molecule has 1 aromatic carbocycles. The molecule has 0 saturated heterocycles. The highest BCUT2D eigenvalue weighted by molar-refractivity contribution is 5.97. The number of hydrogen-bond acceptors (Lipinski definition) is 6. The first-order valence-electron chi connectivity index (χ1n) is 7.97. The Labute approximate surface area is 150 Å². The molecule has 8 heteroatoms. The van der Waals surface area contributed by atoms with Crippen molar-refractivity contribution in [2.45, 2.75) is 26.9 Å². The summed E-state index contributed by atoms with van der Waals surface area (Å²) in [6, 6.07) is 6.44. The van der Waals surface area contributed by atoms with Gasteiger partial charge in [-0.2, -0.15) is 5.10 Å². The third-order valence-electron chi connectivity index (χ3n) is 3.62. The van der Waals surface area contributed by atoms with E-state index in [4.69, 9.17) is 0 Å². The van der Waals surface area contributed by atoms with E-state index in [1.165, 1.54) is 18.5 Å². The van der Waals surface area contributed by atoms with Crippen molar-refractivity contribution in [2.75, 3.05) is 5.32 Å². The standard InChI is InChI=1S/C18H20N4O4/c1-3-16(24)21-14-6-4-5-12(7-14)18(26)22-20-9-15-13(10-23)8-19-11(2)17(15)25/h4-9,23,25H,3,10H2,1-2H3,(H,21,24)(H,22,26)/b20-9+. The fourth-order valence-corrected chi connectivity index (χ4v) is 2.13. The van der Waals surface area contributed by atoms with Crippen LogP contribution in [0, 0.1) is 6.92 Å². The molecule has 0 aliphatic heterocycles. The predicted octanol–water partition coefficient (Wildman–Crippen LogP) is 1.70. The topological polar surface area (TPSA) is 124 Å². The Kier molecular flexibility index (Phi) is 6.40. The quantitative estimate of drug-likeness (QED) is 0.463. The van der Waals surface area contributed by atoms with Crippen LogP contribution in [0.15, 0.2) is 35.6 Å². The highest BCUT2D eigenvalue weighted by Crippen LogP contribution is 2.21. The molecule has 0 spiro atoms. The van der Waals surface area contributed by atoms with Gasteiger partial charge in [-0.15, -0.1) is 0 Å². The summed E-state index contributed by atoms with van der Waals surface area (Å²) in [4.78, 5) is 27.6. The van der Waals surface area contributed by atoms with Crippen molar-refractivity contribution in [3.63, 3.8) is 0 Å². The highest BCUT2D eigenvalue weighted by Gasteiger charge is 2.10. The van der Waals surface area contributed by atoms with Crippen molar-refractivity contribution in [3.8, 4) is 5.75 Å². The predicted molar refractivity (Wildman–Crippen MR) is 97.0 cm³/mol. The largest absolute Gasteiger partial charge is 0.505 e. The number of carbonyl (C=O) groups is 2. The molecule has 2 rings (SSSR count). The molecule has 0 aliphatic carbocycles.